The molecule has 25 heavy (non-hydrogen) atoms. The SMILES string of the molecule is CC(=O)Nc1cccc(-c2csc(Nc3ccc(C(=O)O)cc3)n2)c1. The van der Waals surface area contributed by atoms with Gasteiger partial charge in [-0.15, -0.1) is 11.3 Å². The summed E-state index contributed by atoms with van der Waals surface area (Å²) in [6.45, 7) is 1.47. The van der Waals surface area contributed by atoms with Crippen LogP contribution in [0.3, 0.4) is 0 Å². The van der Waals surface area contributed by atoms with E-state index in [0.717, 1.165) is 22.6 Å². The van der Waals surface area contributed by atoms with Crippen molar-refractivity contribution in [1.82, 2.24) is 4.98 Å². The number of rotatable bonds is 5. The second kappa shape index (κ2) is 7.14. The third-order valence-corrected chi connectivity index (χ3v) is 4.12. The van der Waals surface area contributed by atoms with Gasteiger partial charge in [-0.25, -0.2) is 9.78 Å². The van der Waals surface area contributed by atoms with Gasteiger partial charge in [-0.1, -0.05) is 12.1 Å². The van der Waals surface area contributed by atoms with Gasteiger partial charge in [0.2, 0.25) is 5.91 Å². The highest BCUT2D eigenvalue weighted by Crippen LogP contribution is 2.28. The fourth-order valence-electron chi connectivity index (χ4n) is 2.24. The van der Waals surface area contributed by atoms with Gasteiger partial charge >= 0.3 is 5.97 Å². The molecule has 0 radical (unpaired) electrons. The van der Waals surface area contributed by atoms with Crippen molar-refractivity contribution in [1.29, 1.82) is 0 Å². The van der Waals surface area contributed by atoms with Gasteiger partial charge < -0.3 is 15.7 Å². The van der Waals surface area contributed by atoms with Gasteiger partial charge in [-0.3, -0.25) is 4.79 Å². The number of thiazole rings is 1. The third-order valence-electron chi connectivity index (χ3n) is 3.37. The largest absolute Gasteiger partial charge is 0.478 e. The Kier molecular flexibility index (Phi) is 4.76. The molecule has 126 valence electrons. The number of hydrogen-bond acceptors (Lipinski definition) is 5. The maximum absolute atomic E-state index is 11.2. The van der Waals surface area contributed by atoms with Crippen molar-refractivity contribution in [2.75, 3.05) is 10.6 Å². The van der Waals surface area contributed by atoms with Crippen LogP contribution in [0.25, 0.3) is 11.3 Å². The van der Waals surface area contributed by atoms with Gasteiger partial charge in [0.1, 0.15) is 0 Å². The monoisotopic (exact) mass is 353 g/mol. The Morgan fingerprint density at radius 1 is 1.08 bits per heavy atom. The zero-order chi connectivity index (χ0) is 17.8. The van der Waals surface area contributed by atoms with Crippen LogP contribution in [0.5, 0.6) is 0 Å². The molecular formula is C18H15N3O3S. The number of carboxylic acid groups (broad SMARTS) is 1. The fourth-order valence-corrected chi connectivity index (χ4v) is 2.98. The molecular weight excluding hydrogens is 338 g/mol. The van der Waals surface area contributed by atoms with E-state index in [2.05, 4.69) is 15.6 Å². The maximum Gasteiger partial charge on any atom is 0.335 e. The first kappa shape index (κ1) is 16.7. The molecule has 2 aromatic carbocycles. The molecule has 1 amide bonds. The molecule has 3 rings (SSSR count). The average Bonchev–Trinajstić information content (AvgIpc) is 3.03. The van der Waals surface area contributed by atoms with E-state index in [1.807, 2.05) is 29.6 Å². The number of aromatic carboxylic acids is 1. The molecule has 0 atom stereocenters. The fraction of sp³-hybridized carbons (Fsp3) is 0.0556. The zero-order valence-electron chi connectivity index (χ0n) is 13.3. The second-order valence-corrected chi connectivity index (χ2v) is 6.17. The third kappa shape index (κ3) is 4.21. The zero-order valence-corrected chi connectivity index (χ0v) is 14.1. The number of carboxylic acids is 1. The van der Waals surface area contributed by atoms with Crippen LogP contribution in [0, 0.1) is 0 Å². The number of amides is 1. The van der Waals surface area contributed by atoms with E-state index in [4.69, 9.17) is 5.11 Å². The van der Waals surface area contributed by atoms with Crippen molar-refractivity contribution >= 4 is 39.7 Å². The average molecular weight is 353 g/mol. The summed E-state index contributed by atoms with van der Waals surface area (Å²) in [7, 11) is 0. The van der Waals surface area contributed by atoms with Gasteiger partial charge in [0, 0.05) is 29.2 Å². The molecule has 3 aromatic rings. The van der Waals surface area contributed by atoms with E-state index in [1.165, 1.54) is 30.4 Å². The summed E-state index contributed by atoms with van der Waals surface area (Å²) in [4.78, 5) is 26.6. The van der Waals surface area contributed by atoms with Crippen molar-refractivity contribution in [3.8, 4) is 11.3 Å². The summed E-state index contributed by atoms with van der Waals surface area (Å²) in [5.41, 5.74) is 3.41. The lowest BCUT2D eigenvalue weighted by Gasteiger charge is -2.04. The summed E-state index contributed by atoms with van der Waals surface area (Å²) in [5, 5.41) is 17.4. The minimum Gasteiger partial charge on any atom is -0.478 e. The first-order valence-electron chi connectivity index (χ1n) is 7.45. The van der Waals surface area contributed by atoms with E-state index in [1.54, 1.807) is 12.1 Å². The van der Waals surface area contributed by atoms with Crippen LogP contribution in [0.4, 0.5) is 16.5 Å². The number of anilines is 3. The van der Waals surface area contributed by atoms with Gasteiger partial charge in [0.15, 0.2) is 5.13 Å². The predicted octanol–water partition coefficient (Wildman–Crippen LogP) is 4.21. The van der Waals surface area contributed by atoms with Crippen molar-refractivity contribution < 1.29 is 14.7 Å². The Balaban J connectivity index is 1.76. The molecule has 0 bridgehead atoms. The number of carbonyl (C=O) groups is 2. The molecule has 0 fully saturated rings. The highest BCUT2D eigenvalue weighted by molar-refractivity contribution is 7.14. The van der Waals surface area contributed by atoms with E-state index in [-0.39, 0.29) is 11.5 Å². The van der Waals surface area contributed by atoms with Gasteiger partial charge in [0.25, 0.3) is 0 Å². The molecule has 0 spiro atoms. The summed E-state index contributed by atoms with van der Waals surface area (Å²) >= 11 is 1.44. The Morgan fingerprint density at radius 2 is 1.84 bits per heavy atom. The van der Waals surface area contributed by atoms with Crippen LogP contribution in [-0.2, 0) is 4.79 Å². The van der Waals surface area contributed by atoms with Gasteiger partial charge in [-0.2, -0.15) is 0 Å². The minimum atomic E-state index is -0.956. The molecule has 1 heterocycles. The molecule has 0 unspecified atom stereocenters. The molecule has 7 heteroatoms. The van der Waals surface area contributed by atoms with Crippen molar-refractivity contribution in [3.63, 3.8) is 0 Å². The summed E-state index contributed by atoms with van der Waals surface area (Å²) < 4.78 is 0. The molecule has 6 nitrogen and oxygen atoms in total. The molecule has 0 aliphatic rings. The summed E-state index contributed by atoms with van der Waals surface area (Å²) in [5.74, 6) is -1.08. The Hall–Kier alpha value is -3.19. The van der Waals surface area contributed by atoms with Crippen molar-refractivity contribution in [2.45, 2.75) is 6.92 Å². The van der Waals surface area contributed by atoms with Crippen LogP contribution < -0.4 is 10.6 Å². The lowest BCUT2D eigenvalue weighted by Crippen LogP contribution is -2.05. The maximum atomic E-state index is 11.2. The van der Waals surface area contributed by atoms with Gasteiger partial charge in [0.05, 0.1) is 11.3 Å². The van der Waals surface area contributed by atoms with Crippen molar-refractivity contribution in [3.05, 3.63) is 59.5 Å². The number of carbonyl (C=O) groups excluding carboxylic acids is 1. The minimum absolute atomic E-state index is 0.123. The lowest BCUT2D eigenvalue weighted by molar-refractivity contribution is -0.114. The van der Waals surface area contributed by atoms with E-state index in [9.17, 15) is 9.59 Å². The number of nitrogens with one attached hydrogen (secondary N) is 2. The molecule has 0 aliphatic heterocycles. The molecule has 3 N–H and O–H groups in total. The first-order chi connectivity index (χ1) is 12.0. The standard InChI is InChI=1S/C18H15N3O3S/c1-11(22)19-15-4-2-3-13(9-15)16-10-25-18(21-16)20-14-7-5-12(6-8-14)17(23)24/h2-10H,1H3,(H,19,22)(H,20,21)(H,23,24). The lowest BCUT2D eigenvalue weighted by atomic mass is 10.1. The van der Waals surface area contributed by atoms with E-state index in [0.29, 0.717) is 5.13 Å². The second-order valence-electron chi connectivity index (χ2n) is 5.31. The Labute approximate surface area is 148 Å². The molecule has 1 aromatic heterocycles. The van der Waals surface area contributed by atoms with Crippen LogP contribution in [-0.4, -0.2) is 22.0 Å². The van der Waals surface area contributed by atoms with Crippen molar-refractivity contribution in [2.24, 2.45) is 0 Å². The van der Waals surface area contributed by atoms with Crippen LogP contribution >= 0.6 is 11.3 Å². The Morgan fingerprint density at radius 3 is 2.52 bits per heavy atom. The Bertz CT molecular complexity index is 919. The number of hydrogen-bond donors (Lipinski definition) is 3. The normalized spacial score (nSPS) is 10.3. The quantitative estimate of drug-likeness (QED) is 0.639. The highest BCUT2D eigenvalue weighted by atomic mass is 32.1. The van der Waals surface area contributed by atoms with Crippen LogP contribution in [0.1, 0.15) is 17.3 Å². The number of aromatic nitrogens is 1. The van der Waals surface area contributed by atoms with Crippen LogP contribution in [0.2, 0.25) is 0 Å². The first-order valence-corrected chi connectivity index (χ1v) is 8.33. The topological polar surface area (TPSA) is 91.3 Å². The molecule has 0 saturated heterocycles. The van der Waals surface area contributed by atoms with E-state index >= 15 is 0 Å². The number of benzene rings is 2. The summed E-state index contributed by atoms with van der Waals surface area (Å²) in [6.07, 6.45) is 0. The van der Waals surface area contributed by atoms with E-state index < -0.39 is 5.97 Å². The highest BCUT2D eigenvalue weighted by Gasteiger charge is 2.07. The predicted molar refractivity (Wildman–Crippen MR) is 98.5 cm³/mol. The smallest absolute Gasteiger partial charge is 0.335 e. The summed E-state index contributed by atoms with van der Waals surface area (Å²) in [6, 6.07) is 13.9. The number of nitrogens with zero attached hydrogens (tertiary/aromatic N) is 1. The molecule has 0 aliphatic carbocycles. The molecule has 0 saturated carbocycles. The van der Waals surface area contributed by atoms with Crippen LogP contribution in [0.15, 0.2) is 53.9 Å². The van der Waals surface area contributed by atoms with Gasteiger partial charge in [-0.05, 0) is 36.4 Å².